The van der Waals surface area contributed by atoms with Crippen molar-refractivity contribution in [3.8, 4) is 11.3 Å². The number of benzene rings is 2. The van der Waals surface area contributed by atoms with Gasteiger partial charge in [-0.2, -0.15) is 0 Å². The van der Waals surface area contributed by atoms with Gasteiger partial charge in [0, 0.05) is 23.0 Å². The Balaban J connectivity index is 1.44. The maximum absolute atomic E-state index is 13.8. The SMILES string of the molecule is O=C(CCc1c(-c2ccccc2)[nH]c2ccc(F)cc12)NCC(=O)OCC1CC1. The Kier molecular flexibility index (Phi) is 5.60. The van der Waals surface area contributed by atoms with E-state index in [-0.39, 0.29) is 24.7 Å². The number of amides is 1. The molecule has 0 unspecified atom stereocenters. The number of ether oxygens (including phenoxy) is 1. The molecule has 1 fully saturated rings. The van der Waals surface area contributed by atoms with E-state index < -0.39 is 5.97 Å². The number of rotatable bonds is 8. The first kappa shape index (κ1) is 19.2. The van der Waals surface area contributed by atoms with Crippen LogP contribution >= 0.6 is 0 Å². The van der Waals surface area contributed by atoms with Crippen molar-refractivity contribution in [3.05, 3.63) is 59.9 Å². The Hall–Kier alpha value is -3.15. The molecule has 1 aliphatic carbocycles. The number of nitrogens with one attached hydrogen (secondary N) is 2. The molecule has 0 aliphatic heterocycles. The molecule has 2 aromatic carbocycles. The topological polar surface area (TPSA) is 71.2 Å². The summed E-state index contributed by atoms with van der Waals surface area (Å²) in [6.45, 7) is 0.315. The third-order valence-corrected chi connectivity index (χ3v) is 5.14. The van der Waals surface area contributed by atoms with Crippen LogP contribution < -0.4 is 5.32 Å². The highest BCUT2D eigenvalue weighted by molar-refractivity contribution is 5.91. The van der Waals surface area contributed by atoms with Gasteiger partial charge in [-0.05, 0) is 54.5 Å². The molecule has 29 heavy (non-hydrogen) atoms. The molecule has 1 saturated carbocycles. The van der Waals surface area contributed by atoms with Crippen LogP contribution in [0.4, 0.5) is 4.39 Å². The Bertz CT molecular complexity index is 1030. The number of aromatic amines is 1. The summed E-state index contributed by atoms with van der Waals surface area (Å²) in [5, 5.41) is 3.37. The zero-order chi connectivity index (χ0) is 20.2. The first-order valence-corrected chi connectivity index (χ1v) is 9.88. The molecule has 6 heteroatoms. The van der Waals surface area contributed by atoms with Crippen LogP contribution in [-0.4, -0.2) is 30.0 Å². The normalized spacial score (nSPS) is 13.4. The molecule has 0 saturated heterocycles. The minimum atomic E-state index is -0.413. The monoisotopic (exact) mass is 394 g/mol. The molecule has 0 bridgehead atoms. The Morgan fingerprint density at radius 2 is 1.93 bits per heavy atom. The summed E-state index contributed by atoms with van der Waals surface area (Å²) in [5.41, 5.74) is 3.56. The van der Waals surface area contributed by atoms with Crippen LogP contribution in [0.1, 0.15) is 24.8 Å². The van der Waals surface area contributed by atoms with Gasteiger partial charge in [-0.3, -0.25) is 9.59 Å². The second kappa shape index (κ2) is 8.47. The van der Waals surface area contributed by atoms with Gasteiger partial charge in [-0.25, -0.2) is 4.39 Å². The Labute approximate surface area is 168 Å². The van der Waals surface area contributed by atoms with E-state index >= 15 is 0 Å². The van der Waals surface area contributed by atoms with Gasteiger partial charge >= 0.3 is 5.97 Å². The maximum Gasteiger partial charge on any atom is 0.325 e. The average molecular weight is 394 g/mol. The highest BCUT2D eigenvalue weighted by atomic mass is 19.1. The highest BCUT2D eigenvalue weighted by Gasteiger charge is 2.23. The quantitative estimate of drug-likeness (QED) is 0.568. The molecule has 1 aromatic heterocycles. The van der Waals surface area contributed by atoms with E-state index in [2.05, 4.69) is 10.3 Å². The lowest BCUT2D eigenvalue weighted by atomic mass is 10.0. The number of halogens is 1. The van der Waals surface area contributed by atoms with E-state index in [0.29, 0.717) is 18.9 Å². The molecule has 150 valence electrons. The fourth-order valence-electron chi connectivity index (χ4n) is 3.37. The molecule has 3 aromatic rings. The number of esters is 1. The number of aryl methyl sites for hydroxylation is 1. The average Bonchev–Trinajstić information content (AvgIpc) is 3.50. The lowest BCUT2D eigenvalue weighted by Gasteiger charge is -2.07. The molecule has 0 spiro atoms. The molecular formula is C23H23FN2O3. The smallest absolute Gasteiger partial charge is 0.325 e. The van der Waals surface area contributed by atoms with Gasteiger partial charge in [-0.15, -0.1) is 0 Å². The first-order chi connectivity index (χ1) is 14.1. The van der Waals surface area contributed by atoms with Crippen molar-refractivity contribution in [2.75, 3.05) is 13.2 Å². The summed E-state index contributed by atoms with van der Waals surface area (Å²) >= 11 is 0. The Morgan fingerprint density at radius 1 is 1.14 bits per heavy atom. The highest BCUT2D eigenvalue weighted by Crippen LogP contribution is 2.32. The van der Waals surface area contributed by atoms with Gasteiger partial charge in [0.2, 0.25) is 5.91 Å². The fraction of sp³-hybridized carbons (Fsp3) is 0.304. The lowest BCUT2D eigenvalue weighted by Crippen LogP contribution is -2.31. The van der Waals surface area contributed by atoms with Crippen LogP contribution in [0.3, 0.4) is 0 Å². The van der Waals surface area contributed by atoms with Crippen LogP contribution in [-0.2, 0) is 20.7 Å². The largest absolute Gasteiger partial charge is 0.464 e. The second-order valence-electron chi connectivity index (χ2n) is 7.44. The van der Waals surface area contributed by atoms with Crippen molar-refractivity contribution in [3.63, 3.8) is 0 Å². The van der Waals surface area contributed by atoms with Gasteiger partial charge in [0.25, 0.3) is 0 Å². The molecular weight excluding hydrogens is 371 g/mol. The van der Waals surface area contributed by atoms with E-state index in [1.54, 1.807) is 6.07 Å². The summed E-state index contributed by atoms with van der Waals surface area (Å²) in [4.78, 5) is 27.3. The van der Waals surface area contributed by atoms with Crippen molar-refractivity contribution in [1.82, 2.24) is 10.3 Å². The molecule has 1 aliphatic rings. The van der Waals surface area contributed by atoms with Gasteiger partial charge in [0.1, 0.15) is 12.4 Å². The van der Waals surface area contributed by atoms with E-state index in [9.17, 15) is 14.0 Å². The number of fused-ring (bicyclic) bond motifs is 1. The lowest BCUT2D eigenvalue weighted by molar-refractivity contribution is -0.144. The number of carbonyl (C=O) groups is 2. The predicted molar refractivity (Wildman–Crippen MR) is 109 cm³/mol. The molecule has 1 heterocycles. The molecule has 1 amide bonds. The van der Waals surface area contributed by atoms with Crippen LogP contribution in [0, 0.1) is 11.7 Å². The van der Waals surface area contributed by atoms with Crippen molar-refractivity contribution in [2.45, 2.75) is 25.7 Å². The van der Waals surface area contributed by atoms with Gasteiger partial charge in [0.05, 0.1) is 6.61 Å². The van der Waals surface area contributed by atoms with Gasteiger partial charge < -0.3 is 15.0 Å². The fourth-order valence-corrected chi connectivity index (χ4v) is 3.37. The molecule has 0 radical (unpaired) electrons. The van der Waals surface area contributed by atoms with Crippen molar-refractivity contribution in [1.29, 1.82) is 0 Å². The molecule has 0 atom stereocenters. The third-order valence-electron chi connectivity index (χ3n) is 5.14. The van der Waals surface area contributed by atoms with Crippen LogP contribution in [0.5, 0.6) is 0 Å². The number of carbonyl (C=O) groups excluding carboxylic acids is 2. The van der Waals surface area contributed by atoms with Crippen molar-refractivity contribution in [2.24, 2.45) is 5.92 Å². The number of H-pyrrole nitrogens is 1. The predicted octanol–water partition coefficient (Wildman–Crippen LogP) is 3.98. The summed E-state index contributed by atoms with van der Waals surface area (Å²) < 4.78 is 18.9. The molecule has 4 rings (SSSR count). The number of hydrogen-bond acceptors (Lipinski definition) is 3. The van der Waals surface area contributed by atoms with Crippen molar-refractivity contribution >= 4 is 22.8 Å². The van der Waals surface area contributed by atoms with Crippen LogP contribution in [0.2, 0.25) is 0 Å². The van der Waals surface area contributed by atoms with E-state index in [4.69, 9.17) is 4.74 Å². The minimum Gasteiger partial charge on any atom is -0.464 e. The summed E-state index contributed by atoms with van der Waals surface area (Å²) in [6, 6.07) is 14.4. The third kappa shape index (κ3) is 4.83. The summed E-state index contributed by atoms with van der Waals surface area (Å²) in [6.07, 6.45) is 2.83. The number of aromatic nitrogens is 1. The second-order valence-corrected chi connectivity index (χ2v) is 7.44. The maximum atomic E-state index is 13.8. The zero-order valence-electron chi connectivity index (χ0n) is 16.0. The number of hydrogen-bond donors (Lipinski definition) is 2. The summed E-state index contributed by atoms with van der Waals surface area (Å²) in [5.74, 6) is -0.476. The molecule has 2 N–H and O–H groups in total. The van der Waals surface area contributed by atoms with E-state index in [1.807, 2.05) is 30.3 Å². The van der Waals surface area contributed by atoms with Gasteiger partial charge in [-0.1, -0.05) is 30.3 Å². The molecule has 5 nitrogen and oxygen atoms in total. The zero-order valence-corrected chi connectivity index (χ0v) is 16.0. The first-order valence-electron chi connectivity index (χ1n) is 9.88. The van der Waals surface area contributed by atoms with E-state index in [1.165, 1.54) is 12.1 Å². The minimum absolute atomic E-state index is 0.125. The summed E-state index contributed by atoms with van der Waals surface area (Å²) in [7, 11) is 0. The van der Waals surface area contributed by atoms with Gasteiger partial charge in [0.15, 0.2) is 0 Å². The van der Waals surface area contributed by atoms with Crippen LogP contribution in [0.15, 0.2) is 48.5 Å². The van der Waals surface area contributed by atoms with E-state index in [0.717, 1.165) is 40.6 Å². The Morgan fingerprint density at radius 3 is 2.69 bits per heavy atom. The van der Waals surface area contributed by atoms with Crippen LogP contribution in [0.25, 0.3) is 22.2 Å². The van der Waals surface area contributed by atoms with Crippen molar-refractivity contribution < 1.29 is 18.7 Å². The standard InChI is InChI=1S/C23H23FN2O3/c24-17-8-10-20-19(12-17)18(23(26-20)16-4-2-1-3-5-16)9-11-21(27)25-13-22(28)29-14-15-6-7-15/h1-5,8,10,12,15,26H,6-7,9,11,13-14H2,(H,25,27).